The molecule has 1 aromatic carbocycles. The summed E-state index contributed by atoms with van der Waals surface area (Å²) in [6.07, 6.45) is 0. The first kappa shape index (κ1) is 11.3. The second kappa shape index (κ2) is 5.20. The fourth-order valence-electron chi connectivity index (χ4n) is 1.13. The van der Waals surface area contributed by atoms with E-state index in [-0.39, 0.29) is 12.6 Å². The van der Waals surface area contributed by atoms with Gasteiger partial charge in [0.15, 0.2) is 0 Å². The quantitative estimate of drug-likeness (QED) is 0.805. The Morgan fingerprint density at radius 3 is 2.79 bits per heavy atom. The largest absolute Gasteiger partial charge is 0.492 e. The molecule has 0 fully saturated rings. The van der Waals surface area contributed by atoms with E-state index in [2.05, 4.69) is 0 Å². The van der Waals surface area contributed by atoms with Gasteiger partial charge in [0.1, 0.15) is 5.75 Å². The van der Waals surface area contributed by atoms with E-state index in [4.69, 9.17) is 27.2 Å². The molecule has 0 saturated heterocycles. The molecule has 3 N–H and O–H groups in total. The average molecular weight is 216 g/mol. The average Bonchev–Trinajstić information content (AvgIpc) is 2.20. The molecule has 1 unspecified atom stereocenters. The zero-order chi connectivity index (χ0) is 10.6. The van der Waals surface area contributed by atoms with E-state index < -0.39 is 0 Å². The summed E-state index contributed by atoms with van der Waals surface area (Å²) < 4.78 is 5.27. The van der Waals surface area contributed by atoms with Gasteiger partial charge in [-0.3, -0.25) is 0 Å². The van der Waals surface area contributed by atoms with Crippen molar-refractivity contribution in [3.8, 4) is 5.75 Å². The van der Waals surface area contributed by atoms with E-state index in [1.54, 1.807) is 18.2 Å². The zero-order valence-corrected chi connectivity index (χ0v) is 8.79. The highest BCUT2D eigenvalue weighted by molar-refractivity contribution is 6.32. The van der Waals surface area contributed by atoms with Gasteiger partial charge in [-0.15, -0.1) is 0 Å². The number of ether oxygens (including phenoxy) is 1. The molecule has 1 atom stereocenters. The summed E-state index contributed by atoms with van der Waals surface area (Å²) in [5, 5.41) is 9.37. The molecule has 1 rings (SSSR count). The normalized spacial score (nSPS) is 12.6. The second-order valence-electron chi connectivity index (χ2n) is 2.91. The predicted molar refractivity (Wildman–Crippen MR) is 56.6 cm³/mol. The van der Waals surface area contributed by atoms with Crippen molar-refractivity contribution in [1.82, 2.24) is 0 Å². The van der Waals surface area contributed by atoms with Gasteiger partial charge in [0.25, 0.3) is 0 Å². The molecule has 4 heteroatoms. The molecule has 0 amide bonds. The summed E-state index contributed by atoms with van der Waals surface area (Å²) in [6.45, 7) is 2.37. The van der Waals surface area contributed by atoms with Gasteiger partial charge in [-0.05, 0) is 24.6 Å². The van der Waals surface area contributed by atoms with Crippen molar-refractivity contribution in [2.24, 2.45) is 5.73 Å². The number of benzene rings is 1. The van der Waals surface area contributed by atoms with E-state index in [0.717, 1.165) is 5.56 Å². The maximum Gasteiger partial charge on any atom is 0.137 e. The first-order valence-corrected chi connectivity index (χ1v) is 4.85. The lowest BCUT2D eigenvalue weighted by atomic mass is 10.1. The third-order valence-electron chi connectivity index (χ3n) is 1.88. The summed E-state index contributed by atoms with van der Waals surface area (Å²) in [5.41, 5.74) is 6.44. The van der Waals surface area contributed by atoms with Crippen LogP contribution in [0.2, 0.25) is 5.02 Å². The Hall–Kier alpha value is -0.770. The summed E-state index contributed by atoms with van der Waals surface area (Å²) in [5.74, 6) is 0.642. The van der Waals surface area contributed by atoms with E-state index in [0.29, 0.717) is 17.4 Å². The molecule has 14 heavy (non-hydrogen) atoms. The molecule has 0 bridgehead atoms. The van der Waals surface area contributed by atoms with Gasteiger partial charge >= 0.3 is 0 Å². The van der Waals surface area contributed by atoms with Crippen LogP contribution < -0.4 is 10.5 Å². The fourth-order valence-corrected chi connectivity index (χ4v) is 1.37. The summed E-state index contributed by atoms with van der Waals surface area (Å²) in [7, 11) is 0. The van der Waals surface area contributed by atoms with Crippen LogP contribution in [-0.2, 0) is 0 Å². The van der Waals surface area contributed by atoms with E-state index in [1.807, 2.05) is 6.92 Å². The van der Waals surface area contributed by atoms with E-state index in [9.17, 15) is 0 Å². The smallest absolute Gasteiger partial charge is 0.137 e. The van der Waals surface area contributed by atoms with Crippen LogP contribution in [0.1, 0.15) is 18.5 Å². The molecule has 78 valence electrons. The highest BCUT2D eigenvalue weighted by Crippen LogP contribution is 2.27. The van der Waals surface area contributed by atoms with Crippen LogP contribution in [0.4, 0.5) is 0 Å². The number of aliphatic hydroxyl groups is 1. The molecule has 0 radical (unpaired) electrons. The first-order chi connectivity index (χ1) is 6.69. The Morgan fingerprint density at radius 1 is 1.57 bits per heavy atom. The maximum atomic E-state index is 8.85. The minimum atomic E-state index is -0.386. The molecule has 1 aromatic rings. The highest BCUT2D eigenvalue weighted by Gasteiger charge is 2.07. The van der Waals surface area contributed by atoms with Crippen LogP contribution in [0, 0.1) is 0 Å². The van der Waals surface area contributed by atoms with Crippen molar-refractivity contribution in [3.05, 3.63) is 28.8 Å². The fraction of sp³-hybridized carbons (Fsp3) is 0.400. The van der Waals surface area contributed by atoms with Crippen LogP contribution in [-0.4, -0.2) is 18.3 Å². The van der Waals surface area contributed by atoms with Crippen molar-refractivity contribution in [3.63, 3.8) is 0 Å². The van der Waals surface area contributed by atoms with Gasteiger partial charge in [0.05, 0.1) is 24.3 Å². The van der Waals surface area contributed by atoms with Crippen LogP contribution >= 0.6 is 11.6 Å². The van der Waals surface area contributed by atoms with Crippen molar-refractivity contribution < 1.29 is 9.84 Å². The standard InChI is InChI=1S/C10H14ClNO2/c1-2-14-10-4-3-7(5-8(10)11)9(12)6-13/h3-5,9,13H,2,6,12H2,1H3. The number of rotatable bonds is 4. The number of hydrogen-bond donors (Lipinski definition) is 2. The van der Waals surface area contributed by atoms with Gasteiger partial charge in [0.2, 0.25) is 0 Å². The van der Waals surface area contributed by atoms with Crippen LogP contribution in [0.3, 0.4) is 0 Å². The number of nitrogens with two attached hydrogens (primary N) is 1. The molecule has 0 aliphatic heterocycles. The SMILES string of the molecule is CCOc1ccc(C(N)CO)cc1Cl. The van der Waals surface area contributed by atoms with Crippen molar-refractivity contribution in [1.29, 1.82) is 0 Å². The van der Waals surface area contributed by atoms with Gasteiger partial charge in [-0.25, -0.2) is 0 Å². The predicted octanol–water partition coefficient (Wildman–Crippen LogP) is 1.73. The van der Waals surface area contributed by atoms with Gasteiger partial charge in [-0.1, -0.05) is 17.7 Å². The number of halogens is 1. The van der Waals surface area contributed by atoms with Gasteiger partial charge < -0.3 is 15.6 Å². The topological polar surface area (TPSA) is 55.5 Å². The Morgan fingerprint density at radius 2 is 2.29 bits per heavy atom. The third-order valence-corrected chi connectivity index (χ3v) is 2.18. The molecule has 0 saturated carbocycles. The number of aliphatic hydroxyl groups excluding tert-OH is 1. The number of hydrogen-bond acceptors (Lipinski definition) is 3. The van der Waals surface area contributed by atoms with Crippen LogP contribution in [0.15, 0.2) is 18.2 Å². The van der Waals surface area contributed by atoms with Gasteiger partial charge in [0, 0.05) is 0 Å². The van der Waals surface area contributed by atoms with Crippen LogP contribution in [0.25, 0.3) is 0 Å². The molecule has 0 aliphatic carbocycles. The molecule has 0 aliphatic rings. The molecule has 0 heterocycles. The Bertz CT molecular complexity index is 304. The summed E-state index contributed by atoms with van der Waals surface area (Å²) >= 11 is 5.95. The maximum absolute atomic E-state index is 8.85. The van der Waals surface area contributed by atoms with Gasteiger partial charge in [-0.2, -0.15) is 0 Å². The Balaban J connectivity index is 2.88. The summed E-state index contributed by atoms with van der Waals surface area (Å²) in [4.78, 5) is 0. The molecule has 3 nitrogen and oxygen atoms in total. The van der Waals surface area contributed by atoms with Crippen molar-refractivity contribution in [2.45, 2.75) is 13.0 Å². The molecule has 0 aromatic heterocycles. The summed E-state index contributed by atoms with van der Waals surface area (Å²) in [6, 6.07) is 4.89. The minimum absolute atomic E-state index is 0.0929. The third kappa shape index (κ3) is 2.61. The van der Waals surface area contributed by atoms with E-state index >= 15 is 0 Å². The molecular weight excluding hydrogens is 202 g/mol. The van der Waals surface area contributed by atoms with Crippen molar-refractivity contribution in [2.75, 3.05) is 13.2 Å². The lowest BCUT2D eigenvalue weighted by molar-refractivity contribution is 0.268. The molecule has 0 spiro atoms. The molecular formula is C10H14ClNO2. The zero-order valence-electron chi connectivity index (χ0n) is 8.03. The minimum Gasteiger partial charge on any atom is -0.492 e. The van der Waals surface area contributed by atoms with Crippen LogP contribution in [0.5, 0.6) is 5.75 Å². The monoisotopic (exact) mass is 215 g/mol. The highest BCUT2D eigenvalue weighted by atomic mass is 35.5. The second-order valence-corrected chi connectivity index (χ2v) is 3.32. The first-order valence-electron chi connectivity index (χ1n) is 4.47. The Labute approximate surface area is 88.4 Å². The van der Waals surface area contributed by atoms with Crippen molar-refractivity contribution >= 4 is 11.6 Å². The lowest BCUT2D eigenvalue weighted by Gasteiger charge is -2.11. The lowest BCUT2D eigenvalue weighted by Crippen LogP contribution is -2.14. The van der Waals surface area contributed by atoms with E-state index in [1.165, 1.54) is 0 Å². The Kier molecular flexibility index (Phi) is 4.20.